The Bertz CT molecular complexity index is 866. The lowest BCUT2D eigenvalue weighted by atomic mass is 10.0. The minimum absolute atomic E-state index is 0.0818. The molecule has 6 nitrogen and oxygen atoms in total. The smallest absolute Gasteiger partial charge is 0.437 e. The average molecular weight is 402 g/mol. The molecule has 0 unspecified atom stereocenters. The topological polar surface area (TPSA) is 72.6 Å². The number of thioether (sulfide) groups is 1. The number of halogens is 3. The number of hydrogen-bond acceptors (Lipinski definition) is 6. The first kappa shape index (κ1) is 19.5. The largest absolute Gasteiger partial charge is 0.493 e. The number of ether oxygens (including phenoxy) is 1. The Morgan fingerprint density at radius 3 is 2.74 bits per heavy atom. The third-order valence-electron chi connectivity index (χ3n) is 4.08. The second kappa shape index (κ2) is 7.79. The van der Waals surface area contributed by atoms with Gasteiger partial charge in [0.25, 0.3) is 5.24 Å². The number of amides is 1. The fraction of sp³-hybridized carbons (Fsp3) is 0.471. The van der Waals surface area contributed by atoms with Gasteiger partial charge < -0.3 is 14.2 Å². The first-order valence-electron chi connectivity index (χ1n) is 8.42. The van der Waals surface area contributed by atoms with Gasteiger partial charge in [-0.3, -0.25) is 9.59 Å². The molecule has 146 valence electrons. The molecular formula is C17H17F3N2O4S. The Morgan fingerprint density at radius 2 is 2.11 bits per heavy atom. The van der Waals surface area contributed by atoms with Gasteiger partial charge in [-0.1, -0.05) is 18.5 Å². The Kier molecular flexibility index (Phi) is 5.64. The first-order chi connectivity index (χ1) is 12.8. The van der Waals surface area contributed by atoms with Crippen molar-refractivity contribution in [3.05, 3.63) is 23.4 Å². The van der Waals surface area contributed by atoms with E-state index in [1.807, 2.05) is 6.92 Å². The Labute approximate surface area is 157 Å². The molecule has 1 fully saturated rings. The van der Waals surface area contributed by atoms with Crippen LogP contribution in [-0.2, 0) is 17.4 Å². The summed E-state index contributed by atoms with van der Waals surface area (Å²) in [7, 11) is 0. The van der Waals surface area contributed by atoms with Crippen LogP contribution in [0.3, 0.4) is 0 Å². The zero-order chi connectivity index (χ0) is 19.6. The van der Waals surface area contributed by atoms with Gasteiger partial charge in [-0.15, -0.1) is 0 Å². The van der Waals surface area contributed by atoms with Gasteiger partial charge in [-0.25, -0.2) is 0 Å². The number of nitrogens with zero attached hydrogens (tertiary/aromatic N) is 2. The predicted octanol–water partition coefficient (Wildman–Crippen LogP) is 4.26. The van der Waals surface area contributed by atoms with Crippen LogP contribution in [-0.4, -0.2) is 40.1 Å². The lowest BCUT2D eigenvalue weighted by Gasteiger charge is -2.15. The molecule has 1 amide bonds. The molecule has 0 atom stereocenters. The maximum Gasteiger partial charge on any atom is 0.437 e. The molecule has 1 aromatic heterocycles. The maximum absolute atomic E-state index is 13.0. The van der Waals surface area contributed by atoms with Gasteiger partial charge in [0, 0.05) is 23.9 Å². The standard InChI is InChI=1S/C17H17F3N2O4S/c1-2-4-10-12(25-8-3-7-22-9-13(23)27-16(22)24)6-5-11-14(10)26-21-15(11)17(18,19)20/h5-6H,2-4,7-9H2,1H3. The fourth-order valence-electron chi connectivity index (χ4n) is 2.89. The second-order valence-corrected chi connectivity index (χ2v) is 7.07. The van der Waals surface area contributed by atoms with Gasteiger partial charge in [0.2, 0.25) is 5.12 Å². The highest BCUT2D eigenvalue weighted by Gasteiger charge is 2.37. The van der Waals surface area contributed by atoms with Gasteiger partial charge >= 0.3 is 6.18 Å². The van der Waals surface area contributed by atoms with E-state index in [1.165, 1.54) is 17.0 Å². The van der Waals surface area contributed by atoms with Crippen molar-refractivity contribution >= 4 is 33.1 Å². The van der Waals surface area contributed by atoms with Crippen molar-refractivity contribution in [1.82, 2.24) is 10.1 Å². The number of benzene rings is 1. The number of rotatable bonds is 7. The Balaban J connectivity index is 1.71. The van der Waals surface area contributed by atoms with Crippen molar-refractivity contribution in [3.63, 3.8) is 0 Å². The van der Waals surface area contributed by atoms with Gasteiger partial charge in [-0.2, -0.15) is 13.2 Å². The van der Waals surface area contributed by atoms with E-state index in [-0.39, 0.29) is 34.5 Å². The average Bonchev–Trinajstić information content (AvgIpc) is 3.16. The number of carbonyl (C=O) groups excluding carboxylic acids is 2. The first-order valence-corrected chi connectivity index (χ1v) is 9.23. The number of carbonyl (C=O) groups is 2. The van der Waals surface area contributed by atoms with E-state index in [0.717, 1.165) is 0 Å². The summed E-state index contributed by atoms with van der Waals surface area (Å²) in [5.74, 6) is 0.437. The van der Waals surface area contributed by atoms with Crippen LogP contribution in [0, 0.1) is 0 Å². The molecule has 0 N–H and O–H groups in total. The molecule has 0 aliphatic carbocycles. The monoisotopic (exact) mass is 402 g/mol. The molecule has 1 aromatic carbocycles. The third-order valence-corrected chi connectivity index (χ3v) is 4.87. The summed E-state index contributed by atoms with van der Waals surface area (Å²) in [6.45, 7) is 2.63. The van der Waals surface area contributed by atoms with Crippen LogP contribution in [0.5, 0.6) is 5.75 Å². The molecular weight excluding hydrogens is 385 g/mol. The van der Waals surface area contributed by atoms with Gasteiger partial charge in [0.1, 0.15) is 5.75 Å². The van der Waals surface area contributed by atoms with Gasteiger partial charge in [0.15, 0.2) is 11.3 Å². The lowest BCUT2D eigenvalue weighted by Crippen LogP contribution is -2.26. The molecule has 27 heavy (non-hydrogen) atoms. The van der Waals surface area contributed by atoms with Crippen molar-refractivity contribution in [2.45, 2.75) is 32.4 Å². The maximum atomic E-state index is 13.0. The van der Waals surface area contributed by atoms with Crippen LogP contribution >= 0.6 is 11.8 Å². The molecule has 3 rings (SSSR count). The van der Waals surface area contributed by atoms with E-state index in [1.54, 1.807) is 0 Å². The van der Waals surface area contributed by atoms with Crippen LogP contribution in [0.1, 0.15) is 31.0 Å². The summed E-state index contributed by atoms with van der Waals surface area (Å²) >= 11 is 0.694. The molecule has 1 aliphatic rings. The summed E-state index contributed by atoms with van der Waals surface area (Å²) < 4.78 is 49.7. The summed E-state index contributed by atoms with van der Waals surface area (Å²) in [6, 6.07) is 2.78. The Morgan fingerprint density at radius 1 is 1.33 bits per heavy atom. The normalized spacial score (nSPS) is 15.2. The molecule has 0 saturated carbocycles. The quantitative estimate of drug-likeness (QED) is 0.645. The molecule has 10 heteroatoms. The molecule has 1 aliphatic heterocycles. The third kappa shape index (κ3) is 4.20. The van der Waals surface area contributed by atoms with E-state index in [9.17, 15) is 22.8 Å². The van der Waals surface area contributed by atoms with Crippen molar-refractivity contribution < 1.29 is 32.0 Å². The van der Waals surface area contributed by atoms with E-state index < -0.39 is 11.9 Å². The zero-order valence-electron chi connectivity index (χ0n) is 14.5. The number of fused-ring (bicyclic) bond motifs is 1. The lowest BCUT2D eigenvalue weighted by molar-refractivity contribution is -0.141. The molecule has 2 heterocycles. The van der Waals surface area contributed by atoms with Crippen LogP contribution in [0.4, 0.5) is 18.0 Å². The van der Waals surface area contributed by atoms with E-state index >= 15 is 0 Å². The molecule has 0 bridgehead atoms. The summed E-state index contributed by atoms with van der Waals surface area (Å²) in [6.07, 6.45) is -2.92. The van der Waals surface area contributed by atoms with Crippen molar-refractivity contribution in [2.75, 3.05) is 19.7 Å². The van der Waals surface area contributed by atoms with Crippen LogP contribution in [0.15, 0.2) is 16.7 Å². The molecule has 0 spiro atoms. The number of aryl methyl sites for hydroxylation is 1. The van der Waals surface area contributed by atoms with E-state index in [2.05, 4.69) is 5.16 Å². The van der Waals surface area contributed by atoms with E-state index in [0.29, 0.717) is 48.9 Å². The highest BCUT2D eigenvalue weighted by Crippen LogP contribution is 2.38. The van der Waals surface area contributed by atoms with Crippen molar-refractivity contribution in [3.8, 4) is 5.75 Å². The van der Waals surface area contributed by atoms with Crippen molar-refractivity contribution in [1.29, 1.82) is 0 Å². The Hall–Kier alpha value is -2.23. The predicted molar refractivity (Wildman–Crippen MR) is 92.7 cm³/mol. The SMILES string of the molecule is CCCc1c(OCCCN2CC(=O)SC2=O)ccc2c(C(F)(F)F)noc12. The fourth-order valence-corrected chi connectivity index (χ4v) is 3.59. The van der Waals surface area contributed by atoms with Gasteiger partial charge in [0.05, 0.1) is 18.5 Å². The van der Waals surface area contributed by atoms with E-state index in [4.69, 9.17) is 9.26 Å². The van der Waals surface area contributed by atoms with Crippen molar-refractivity contribution in [2.24, 2.45) is 0 Å². The highest BCUT2D eigenvalue weighted by atomic mass is 32.2. The molecule has 2 aromatic rings. The number of hydrogen-bond donors (Lipinski definition) is 0. The second-order valence-electron chi connectivity index (χ2n) is 6.06. The molecule has 0 radical (unpaired) electrons. The van der Waals surface area contributed by atoms with Crippen LogP contribution < -0.4 is 4.74 Å². The van der Waals surface area contributed by atoms with Crippen LogP contribution in [0.25, 0.3) is 11.0 Å². The number of aromatic nitrogens is 1. The number of alkyl halides is 3. The van der Waals surface area contributed by atoms with Crippen LogP contribution in [0.2, 0.25) is 0 Å². The summed E-state index contributed by atoms with van der Waals surface area (Å²) in [5.41, 5.74) is -0.421. The summed E-state index contributed by atoms with van der Waals surface area (Å²) in [5, 5.41) is 2.65. The van der Waals surface area contributed by atoms with Gasteiger partial charge in [-0.05, 0) is 25.0 Å². The highest BCUT2D eigenvalue weighted by molar-refractivity contribution is 8.26. The minimum atomic E-state index is -4.59. The molecule has 1 saturated heterocycles. The minimum Gasteiger partial charge on any atom is -0.493 e. The zero-order valence-corrected chi connectivity index (χ0v) is 15.3. The summed E-state index contributed by atoms with van der Waals surface area (Å²) in [4.78, 5) is 24.2.